The third-order valence-corrected chi connectivity index (χ3v) is 2.38. The number of aliphatic hydroxyl groups excluding tert-OH is 1. The Morgan fingerprint density at radius 3 is 2.09 bits per heavy atom. The maximum atomic E-state index is 11.2. The fourth-order valence-corrected chi connectivity index (χ4v) is 1.09. The van der Waals surface area contributed by atoms with Crippen LogP contribution >= 0.6 is 0 Å². The van der Waals surface area contributed by atoms with E-state index in [0.717, 1.165) is 5.56 Å². The summed E-state index contributed by atoms with van der Waals surface area (Å²) in [6.45, 7) is 0.780. The van der Waals surface area contributed by atoms with Crippen LogP contribution in [0, 0.1) is 0 Å². The molecule has 1 aromatic carbocycles. The lowest BCUT2D eigenvalue weighted by Crippen LogP contribution is -2.43. The van der Waals surface area contributed by atoms with E-state index in [9.17, 15) is 14.4 Å². The summed E-state index contributed by atoms with van der Waals surface area (Å²) < 4.78 is 4.79. The van der Waals surface area contributed by atoms with Crippen LogP contribution in [0.2, 0.25) is 0 Å². The zero-order valence-electron chi connectivity index (χ0n) is 12.5. The number of carboxylic acids is 2. The number of alkyl carbamates (subject to hydrolysis) is 1. The highest BCUT2D eigenvalue weighted by molar-refractivity contribution is 5.79. The van der Waals surface area contributed by atoms with Crippen molar-refractivity contribution >= 4 is 18.0 Å². The fourth-order valence-electron chi connectivity index (χ4n) is 1.09. The van der Waals surface area contributed by atoms with Gasteiger partial charge in [-0.3, -0.25) is 4.79 Å². The number of hydrogen-bond acceptors (Lipinski definition) is 6. The van der Waals surface area contributed by atoms with Gasteiger partial charge >= 0.3 is 18.0 Å². The van der Waals surface area contributed by atoms with Crippen molar-refractivity contribution in [2.75, 3.05) is 6.61 Å². The summed E-state index contributed by atoms with van der Waals surface area (Å²) in [7, 11) is 0. The first-order valence-corrected chi connectivity index (χ1v) is 6.57. The average Bonchev–Trinajstić information content (AvgIpc) is 2.51. The predicted octanol–water partition coefficient (Wildman–Crippen LogP) is -0.223. The van der Waals surface area contributed by atoms with E-state index in [1.54, 1.807) is 24.3 Å². The number of carbonyl (C=O) groups is 3. The van der Waals surface area contributed by atoms with Gasteiger partial charge in [-0.15, -0.1) is 0 Å². The Labute approximate surface area is 132 Å². The topological polar surface area (TPSA) is 159 Å². The standard InChI is InChI=1S/C11H13NO5.C3H7NO2/c13-6-9(10(14)15)12-11(16)17-7-8-4-2-1-3-5-8;1-2(4)3(5)6/h1-5,9,13H,6-7H2,(H,12,16)(H,14,15);2H,4H2,1H3,(H,5,6). The normalized spacial score (nSPS) is 12.1. The van der Waals surface area contributed by atoms with Crippen LogP contribution in [0.15, 0.2) is 30.3 Å². The van der Waals surface area contributed by atoms with E-state index in [2.05, 4.69) is 0 Å². The highest BCUT2D eigenvalue weighted by Gasteiger charge is 2.19. The Morgan fingerprint density at radius 2 is 1.70 bits per heavy atom. The first-order chi connectivity index (χ1) is 10.8. The van der Waals surface area contributed by atoms with Gasteiger partial charge in [0.25, 0.3) is 0 Å². The van der Waals surface area contributed by atoms with Crippen LogP contribution in [0.3, 0.4) is 0 Å². The van der Waals surface area contributed by atoms with Crippen molar-refractivity contribution in [1.82, 2.24) is 5.32 Å². The molecular formula is C14H20N2O7. The van der Waals surface area contributed by atoms with Crippen LogP contribution in [0.4, 0.5) is 4.79 Å². The summed E-state index contributed by atoms with van der Waals surface area (Å²) in [6, 6.07) is 6.88. The SMILES string of the molecule is CC(N)C(=O)O.O=C(NC(CO)C(=O)O)OCc1ccccc1. The van der Waals surface area contributed by atoms with Crippen molar-refractivity contribution in [2.24, 2.45) is 5.73 Å². The Balaban J connectivity index is 0.000000688. The molecule has 9 nitrogen and oxygen atoms in total. The van der Waals surface area contributed by atoms with Crippen LogP contribution in [-0.2, 0) is 20.9 Å². The molecule has 0 aromatic heterocycles. The van der Waals surface area contributed by atoms with E-state index in [1.165, 1.54) is 6.92 Å². The van der Waals surface area contributed by atoms with Crippen LogP contribution in [0.25, 0.3) is 0 Å². The summed E-state index contributed by atoms with van der Waals surface area (Å²) in [4.78, 5) is 31.3. The van der Waals surface area contributed by atoms with Crippen LogP contribution < -0.4 is 11.1 Å². The second-order valence-electron chi connectivity index (χ2n) is 4.41. The summed E-state index contributed by atoms with van der Waals surface area (Å²) in [5.41, 5.74) is 5.63. The third kappa shape index (κ3) is 9.82. The van der Waals surface area contributed by atoms with Gasteiger partial charge in [0.2, 0.25) is 0 Å². The number of carboxylic acid groups (broad SMARTS) is 2. The molecule has 2 unspecified atom stereocenters. The molecule has 0 radical (unpaired) electrons. The van der Waals surface area contributed by atoms with Crippen molar-refractivity contribution in [2.45, 2.75) is 25.6 Å². The van der Waals surface area contributed by atoms with Crippen molar-refractivity contribution in [3.05, 3.63) is 35.9 Å². The molecule has 0 saturated carbocycles. The highest BCUT2D eigenvalue weighted by atomic mass is 16.5. The van der Waals surface area contributed by atoms with E-state index >= 15 is 0 Å². The molecule has 9 heteroatoms. The molecule has 6 N–H and O–H groups in total. The second kappa shape index (κ2) is 11.0. The number of nitrogens with one attached hydrogen (secondary N) is 1. The molecular weight excluding hydrogens is 308 g/mol. The van der Waals surface area contributed by atoms with Crippen LogP contribution in [0.1, 0.15) is 12.5 Å². The van der Waals surface area contributed by atoms with Crippen molar-refractivity contribution in [3.8, 4) is 0 Å². The Morgan fingerprint density at radius 1 is 1.17 bits per heavy atom. The molecule has 0 aliphatic heterocycles. The van der Waals surface area contributed by atoms with Gasteiger partial charge in [0.1, 0.15) is 12.6 Å². The summed E-state index contributed by atoms with van der Waals surface area (Å²) in [5.74, 6) is -2.28. The molecule has 0 spiro atoms. The lowest BCUT2D eigenvalue weighted by Gasteiger charge is -2.11. The van der Waals surface area contributed by atoms with E-state index in [0.29, 0.717) is 0 Å². The number of hydrogen-bond donors (Lipinski definition) is 5. The maximum Gasteiger partial charge on any atom is 0.408 e. The minimum absolute atomic E-state index is 0.0461. The van der Waals surface area contributed by atoms with Gasteiger partial charge in [-0.05, 0) is 12.5 Å². The van der Waals surface area contributed by atoms with E-state index in [4.69, 9.17) is 25.8 Å². The van der Waals surface area contributed by atoms with Gasteiger partial charge in [0, 0.05) is 0 Å². The van der Waals surface area contributed by atoms with Crippen molar-refractivity contribution in [1.29, 1.82) is 0 Å². The second-order valence-corrected chi connectivity index (χ2v) is 4.41. The molecule has 2 atom stereocenters. The van der Waals surface area contributed by atoms with Gasteiger partial charge in [0.05, 0.1) is 6.61 Å². The van der Waals surface area contributed by atoms with Crippen LogP contribution in [-0.4, -0.2) is 52.0 Å². The zero-order valence-corrected chi connectivity index (χ0v) is 12.5. The fraction of sp³-hybridized carbons (Fsp3) is 0.357. The number of carbonyl (C=O) groups excluding carboxylic acids is 1. The Bertz CT molecular complexity index is 505. The first-order valence-electron chi connectivity index (χ1n) is 6.57. The Hall–Kier alpha value is -2.65. The lowest BCUT2D eigenvalue weighted by atomic mass is 10.2. The number of benzene rings is 1. The zero-order chi connectivity index (χ0) is 17.8. The molecule has 1 aromatic rings. The smallest absolute Gasteiger partial charge is 0.408 e. The van der Waals surface area contributed by atoms with E-state index in [1.807, 2.05) is 11.4 Å². The number of aliphatic hydroxyl groups is 1. The van der Waals surface area contributed by atoms with E-state index < -0.39 is 36.7 Å². The predicted molar refractivity (Wildman–Crippen MR) is 79.6 cm³/mol. The number of nitrogens with two attached hydrogens (primary N) is 1. The highest BCUT2D eigenvalue weighted by Crippen LogP contribution is 2.00. The molecule has 1 rings (SSSR count). The number of ether oxygens (including phenoxy) is 1. The van der Waals surface area contributed by atoms with Gasteiger partial charge in [0.15, 0.2) is 6.04 Å². The van der Waals surface area contributed by atoms with Crippen molar-refractivity contribution < 1.29 is 34.4 Å². The Kier molecular flexibility index (Phi) is 9.72. The third-order valence-electron chi connectivity index (χ3n) is 2.38. The number of amides is 1. The number of rotatable bonds is 6. The largest absolute Gasteiger partial charge is 0.480 e. The van der Waals surface area contributed by atoms with Gasteiger partial charge in [-0.1, -0.05) is 30.3 Å². The summed E-state index contributed by atoms with van der Waals surface area (Å²) in [5, 5.41) is 27.1. The molecule has 0 fully saturated rings. The molecule has 0 heterocycles. The van der Waals surface area contributed by atoms with Crippen LogP contribution in [0.5, 0.6) is 0 Å². The molecule has 1 amide bonds. The van der Waals surface area contributed by atoms with Crippen molar-refractivity contribution in [3.63, 3.8) is 0 Å². The molecule has 23 heavy (non-hydrogen) atoms. The van der Waals surface area contributed by atoms with Gasteiger partial charge in [-0.2, -0.15) is 0 Å². The van der Waals surface area contributed by atoms with Gasteiger partial charge < -0.3 is 31.1 Å². The molecule has 0 bridgehead atoms. The maximum absolute atomic E-state index is 11.2. The van der Waals surface area contributed by atoms with Gasteiger partial charge in [-0.25, -0.2) is 9.59 Å². The lowest BCUT2D eigenvalue weighted by molar-refractivity contribution is -0.140. The molecule has 0 saturated heterocycles. The molecule has 128 valence electrons. The minimum atomic E-state index is -1.35. The monoisotopic (exact) mass is 328 g/mol. The molecule has 0 aliphatic carbocycles. The average molecular weight is 328 g/mol. The quantitative estimate of drug-likeness (QED) is 0.479. The molecule has 0 aliphatic rings. The minimum Gasteiger partial charge on any atom is -0.480 e. The summed E-state index contributed by atoms with van der Waals surface area (Å²) >= 11 is 0. The first kappa shape index (κ1) is 20.3. The number of aliphatic carboxylic acids is 2. The van der Waals surface area contributed by atoms with E-state index in [-0.39, 0.29) is 6.61 Å². The summed E-state index contributed by atoms with van der Waals surface area (Å²) in [6.07, 6.45) is -0.879.